The normalized spacial score (nSPS) is 17.5. The summed E-state index contributed by atoms with van der Waals surface area (Å²) in [6, 6.07) is 15.1. The number of carbonyl (C=O) groups excluding carboxylic acids is 3. The molecule has 6 rings (SSSR count). The van der Waals surface area contributed by atoms with Gasteiger partial charge in [-0.2, -0.15) is 28.2 Å². The highest BCUT2D eigenvalue weighted by atomic mass is 19.4. The standard InChI is InChI=1S/C36H38F3N7O6/c1-3-50-32(48)28-19-35(22-45(28)34(49)51-21-24-7-5-4-6-8-24)12-15-44(16-13-35)29-18-30(42-33(40)41-29)52-31(36(37,38)39)26-10-9-25(20-47)17-27(26)46-14-11-23(2)43-46/h4-11,14,17-18,20,28,31H,3,12-13,15-16,19,21-22H2,1-2H3,(H2,40,41,42)/t28?,31-/m1/s1. The number of aromatic nitrogens is 4. The molecule has 2 aromatic carbocycles. The van der Waals surface area contributed by atoms with Crippen molar-refractivity contribution in [3.05, 3.63) is 89.2 Å². The molecule has 2 aliphatic heterocycles. The van der Waals surface area contributed by atoms with Gasteiger partial charge in [0.1, 0.15) is 24.8 Å². The molecule has 1 spiro atoms. The number of halogens is 3. The minimum atomic E-state index is -4.90. The molecule has 0 bridgehead atoms. The summed E-state index contributed by atoms with van der Waals surface area (Å²) in [5.74, 6) is -0.933. The second-order valence-corrected chi connectivity index (χ2v) is 12.9. The summed E-state index contributed by atoms with van der Waals surface area (Å²) in [6.45, 7) is 4.67. The Morgan fingerprint density at radius 2 is 1.81 bits per heavy atom. The Morgan fingerprint density at radius 3 is 2.46 bits per heavy atom. The minimum Gasteiger partial charge on any atom is -0.464 e. The first-order valence-electron chi connectivity index (χ1n) is 16.8. The number of nitrogens with zero attached hydrogens (tertiary/aromatic N) is 6. The number of piperidine rings is 1. The van der Waals surface area contributed by atoms with Crippen LogP contribution in [0.25, 0.3) is 5.69 Å². The van der Waals surface area contributed by atoms with Crippen molar-refractivity contribution >= 4 is 30.1 Å². The maximum Gasteiger partial charge on any atom is 0.429 e. The molecular formula is C36H38F3N7O6. The molecule has 0 aliphatic carbocycles. The fourth-order valence-electron chi connectivity index (χ4n) is 6.76. The predicted molar refractivity (Wildman–Crippen MR) is 182 cm³/mol. The lowest BCUT2D eigenvalue weighted by Gasteiger charge is -2.39. The highest BCUT2D eigenvalue weighted by Gasteiger charge is 2.51. The van der Waals surface area contributed by atoms with E-state index in [-0.39, 0.29) is 48.3 Å². The maximum atomic E-state index is 14.7. The van der Waals surface area contributed by atoms with Gasteiger partial charge < -0.3 is 24.8 Å². The Hall–Kier alpha value is -5.67. The number of hydrogen-bond acceptors (Lipinski definition) is 11. The molecule has 274 valence electrons. The molecule has 1 amide bonds. The van der Waals surface area contributed by atoms with Gasteiger partial charge in [-0.25, -0.2) is 14.3 Å². The van der Waals surface area contributed by atoms with E-state index in [1.165, 1.54) is 40.0 Å². The van der Waals surface area contributed by atoms with Gasteiger partial charge in [0.25, 0.3) is 0 Å². The number of aldehydes is 1. The van der Waals surface area contributed by atoms with Crippen LogP contribution in [0.3, 0.4) is 0 Å². The molecule has 2 N–H and O–H groups in total. The number of amides is 1. The third-order valence-corrected chi connectivity index (χ3v) is 9.34. The van der Waals surface area contributed by atoms with E-state index in [1.54, 1.807) is 19.9 Å². The van der Waals surface area contributed by atoms with Crippen molar-refractivity contribution in [1.82, 2.24) is 24.6 Å². The van der Waals surface area contributed by atoms with E-state index >= 15 is 0 Å². The van der Waals surface area contributed by atoms with Crippen LogP contribution in [0.1, 0.15) is 59.5 Å². The van der Waals surface area contributed by atoms with E-state index in [0.717, 1.165) is 5.56 Å². The number of esters is 1. The topological polar surface area (TPSA) is 155 Å². The third kappa shape index (κ3) is 7.95. The molecule has 16 heteroatoms. The molecule has 2 aromatic heterocycles. The molecule has 2 saturated heterocycles. The highest BCUT2D eigenvalue weighted by molar-refractivity contribution is 5.82. The minimum absolute atomic E-state index is 0.0132. The van der Waals surface area contributed by atoms with Gasteiger partial charge in [-0.05, 0) is 56.2 Å². The van der Waals surface area contributed by atoms with Gasteiger partial charge in [0.15, 0.2) is 0 Å². The molecule has 0 radical (unpaired) electrons. The number of nitrogen functional groups attached to an aromatic ring is 1. The van der Waals surface area contributed by atoms with Gasteiger partial charge in [0.2, 0.25) is 17.9 Å². The van der Waals surface area contributed by atoms with Crippen molar-refractivity contribution in [3.63, 3.8) is 0 Å². The first kappa shape index (κ1) is 36.1. The van der Waals surface area contributed by atoms with Gasteiger partial charge in [-0.15, -0.1) is 0 Å². The summed E-state index contributed by atoms with van der Waals surface area (Å²) in [5.41, 5.74) is 6.82. The van der Waals surface area contributed by atoms with E-state index in [1.807, 2.05) is 35.2 Å². The Kier molecular flexibility index (Phi) is 10.4. The summed E-state index contributed by atoms with van der Waals surface area (Å²) in [4.78, 5) is 49.3. The summed E-state index contributed by atoms with van der Waals surface area (Å²) < 4.78 is 61.7. The smallest absolute Gasteiger partial charge is 0.429 e. The molecule has 0 saturated carbocycles. The van der Waals surface area contributed by atoms with Crippen LogP contribution in [-0.2, 0) is 20.9 Å². The summed E-state index contributed by atoms with van der Waals surface area (Å²) in [7, 11) is 0. The quantitative estimate of drug-likeness (QED) is 0.161. The lowest BCUT2D eigenvalue weighted by molar-refractivity contribution is -0.198. The average Bonchev–Trinajstić information content (AvgIpc) is 3.73. The zero-order valence-electron chi connectivity index (χ0n) is 28.6. The molecule has 2 fully saturated rings. The van der Waals surface area contributed by atoms with Crippen LogP contribution >= 0.6 is 0 Å². The molecule has 52 heavy (non-hydrogen) atoms. The van der Waals surface area contributed by atoms with Crippen molar-refractivity contribution < 1.29 is 41.8 Å². The van der Waals surface area contributed by atoms with Crippen LogP contribution in [0, 0.1) is 12.3 Å². The maximum absolute atomic E-state index is 14.7. The largest absolute Gasteiger partial charge is 0.464 e. The predicted octanol–water partition coefficient (Wildman–Crippen LogP) is 5.61. The molecule has 2 aliphatic rings. The second-order valence-electron chi connectivity index (χ2n) is 12.9. The number of carbonyl (C=O) groups is 3. The van der Waals surface area contributed by atoms with Crippen molar-refractivity contribution in [1.29, 1.82) is 0 Å². The first-order chi connectivity index (χ1) is 24.9. The number of aryl methyl sites for hydroxylation is 1. The van der Waals surface area contributed by atoms with Gasteiger partial charge in [0, 0.05) is 43.0 Å². The fraction of sp³-hybridized carbons (Fsp3) is 0.389. The van der Waals surface area contributed by atoms with Crippen molar-refractivity contribution in [2.45, 2.75) is 58.0 Å². The second kappa shape index (κ2) is 14.9. The van der Waals surface area contributed by atoms with Crippen LogP contribution < -0.4 is 15.4 Å². The Bertz CT molecular complexity index is 1910. The van der Waals surface area contributed by atoms with Crippen LogP contribution in [0.15, 0.2) is 66.9 Å². The number of benzene rings is 2. The Balaban J connectivity index is 1.19. The zero-order chi connectivity index (χ0) is 37.0. The van der Waals surface area contributed by atoms with Crippen LogP contribution in [0.4, 0.5) is 29.7 Å². The molecule has 2 atom stereocenters. The molecule has 1 unspecified atom stereocenters. The van der Waals surface area contributed by atoms with Crippen LogP contribution in [-0.4, -0.2) is 81.5 Å². The average molecular weight is 722 g/mol. The molecule has 4 heterocycles. The fourth-order valence-corrected chi connectivity index (χ4v) is 6.76. The van der Waals surface area contributed by atoms with E-state index < -0.39 is 41.7 Å². The van der Waals surface area contributed by atoms with Crippen LogP contribution in [0.2, 0.25) is 0 Å². The first-order valence-corrected chi connectivity index (χ1v) is 16.8. The zero-order valence-corrected chi connectivity index (χ0v) is 28.6. The summed E-state index contributed by atoms with van der Waals surface area (Å²) in [6.07, 6.45) is -4.55. The van der Waals surface area contributed by atoms with Gasteiger partial charge >= 0.3 is 18.2 Å². The summed E-state index contributed by atoms with van der Waals surface area (Å²) in [5, 5.41) is 4.24. The highest BCUT2D eigenvalue weighted by Crippen LogP contribution is 2.45. The van der Waals surface area contributed by atoms with Gasteiger partial charge in [0.05, 0.1) is 18.0 Å². The number of ether oxygens (including phenoxy) is 3. The third-order valence-electron chi connectivity index (χ3n) is 9.34. The number of alkyl halides is 3. The van der Waals surface area contributed by atoms with Gasteiger partial charge in [-0.1, -0.05) is 42.5 Å². The van der Waals surface area contributed by atoms with Crippen LogP contribution in [0.5, 0.6) is 5.88 Å². The lowest BCUT2D eigenvalue weighted by atomic mass is 9.76. The summed E-state index contributed by atoms with van der Waals surface area (Å²) >= 11 is 0. The van der Waals surface area contributed by atoms with Crippen molar-refractivity contribution in [2.75, 3.05) is 36.9 Å². The monoisotopic (exact) mass is 721 g/mol. The number of likely N-dealkylation sites (tertiary alicyclic amines) is 1. The van der Waals surface area contributed by atoms with Gasteiger partial charge in [-0.3, -0.25) is 9.69 Å². The van der Waals surface area contributed by atoms with E-state index in [4.69, 9.17) is 19.9 Å². The lowest BCUT2D eigenvalue weighted by Crippen LogP contribution is -2.43. The Labute approximate surface area is 297 Å². The molecular weight excluding hydrogens is 683 g/mol. The number of nitrogens with two attached hydrogens (primary N) is 1. The van der Waals surface area contributed by atoms with Crippen molar-refractivity contribution in [3.8, 4) is 11.6 Å². The van der Waals surface area contributed by atoms with E-state index in [0.29, 0.717) is 44.3 Å². The van der Waals surface area contributed by atoms with Crippen molar-refractivity contribution in [2.24, 2.45) is 5.41 Å². The van der Waals surface area contributed by atoms with E-state index in [9.17, 15) is 27.6 Å². The number of rotatable bonds is 10. The SMILES string of the molecule is CCOC(=O)C1CC2(CCN(c3cc(O[C@H](c4ccc(C=O)cc4-n4ccc(C)n4)C(F)(F)F)nc(N)n3)CC2)CN1C(=O)OCc1ccccc1. The Morgan fingerprint density at radius 1 is 1.06 bits per heavy atom. The molecule has 13 nitrogen and oxygen atoms in total. The number of hydrogen-bond donors (Lipinski definition) is 1. The number of anilines is 2. The van der Waals surface area contributed by atoms with E-state index in [2.05, 4.69) is 15.1 Å². The molecule has 4 aromatic rings.